The van der Waals surface area contributed by atoms with Gasteiger partial charge in [-0.2, -0.15) is 0 Å². The lowest BCUT2D eigenvalue weighted by molar-refractivity contribution is 0.179. The van der Waals surface area contributed by atoms with Crippen LogP contribution in [0.15, 0.2) is 33.2 Å². The summed E-state index contributed by atoms with van der Waals surface area (Å²) in [6.45, 7) is 1.94. The summed E-state index contributed by atoms with van der Waals surface area (Å²) in [5.74, 6) is 2.27. The minimum Gasteiger partial charge on any atom is -0.419 e. The van der Waals surface area contributed by atoms with Gasteiger partial charge in [-0.15, -0.1) is 10.2 Å². The van der Waals surface area contributed by atoms with Crippen LogP contribution >= 0.6 is 15.9 Å². The minimum atomic E-state index is 0.602. The molecule has 0 radical (unpaired) electrons. The average molecular weight is 404 g/mol. The summed E-state index contributed by atoms with van der Waals surface area (Å²) < 4.78 is 6.94. The van der Waals surface area contributed by atoms with Gasteiger partial charge in [0.2, 0.25) is 11.8 Å². The number of nitrogens with zero attached hydrogens (tertiary/aromatic N) is 3. The molecule has 25 heavy (non-hydrogen) atoms. The summed E-state index contributed by atoms with van der Waals surface area (Å²) in [7, 11) is 0. The third-order valence-corrected chi connectivity index (χ3v) is 6.43. The maximum absolute atomic E-state index is 5.96. The highest BCUT2D eigenvalue weighted by molar-refractivity contribution is 9.10. The van der Waals surface area contributed by atoms with E-state index in [0.717, 1.165) is 34.9 Å². The van der Waals surface area contributed by atoms with Crippen LogP contribution < -0.4 is 0 Å². The number of aromatic nitrogens is 2. The molecule has 4 nitrogen and oxygen atoms in total. The number of rotatable bonds is 5. The maximum atomic E-state index is 5.96. The highest BCUT2D eigenvalue weighted by Crippen LogP contribution is 2.33. The predicted octanol–water partition coefficient (Wildman–Crippen LogP) is 5.43. The largest absolute Gasteiger partial charge is 0.419 e. The second-order valence-corrected chi connectivity index (χ2v) is 8.34. The van der Waals surface area contributed by atoms with E-state index in [-0.39, 0.29) is 0 Å². The van der Waals surface area contributed by atoms with Crippen LogP contribution in [0.25, 0.3) is 11.5 Å². The molecule has 1 aromatic carbocycles. The molecule has 0 N–H and O–H groups in total. The molecule has 2 aromatic rings. The van der Waals surface area contributed by atoms with Gasteiger partial charge in [0.15, 0.2) is 0 Å². The molecule has 5 heteroatoms. The van der Waals surface area contributed by atoms with Gasteiger partial charge in [0, 0.05) is 10.5 Å². The molecule has 2 heterocycles. The van der Waals surface area contributed by atoms with Gasteiger partial charge in [0.1, 0.15) is 0 Å². The Hall–Kier alpha value is -1.20. The second-order valence-electron chi connectivity index (χ2n) is 7.49. The third kappa shape index (κ3) is 4.14. The van der Waals surface area contributed by atoms with Crippen molar-refractivity contribution in [3.63, 3.8) is 0 Å². The van der Waals surface area contributed by atoms with Gasteiger partial charge in [-0.25, -0.2) is 0 Å². The van der Waals surface area contributed by atoms with Crippen LogP contribution in [0, 0.1) is 5.92 Å². The number of halogens is 1. The molecule has 1 aliphatic heterocycles. The zero-order valence-electron chi connectivity index (χ0n) is 14.7. The summed E-state index contributed by atoms with van der Waals surface area (Å²) in [4.78, 5) is 2.56. The Morgan fingerprint density at radius 3 is 2.72 bits per heavy atom. The topological polar surface area (TPSA) is 42.2 Å². The van der Waals surface area contributed by atoms with E-state index in [1.165, 1.54) is 51.4 Å². The van der Waals surface area contributed by atoms with Crippen LogP contribution in [0.4, 0.5) is 0 Å². The first-order chi connectivity index (χ1) is 12.3. The molecule has 1 saturated carbocycles. The fourth-order valence-corrected chi connectivity index (χ4v) is 4.87. The molecule has 2 aliphatic rings. The van der Waals surface area contributed by atoms with E-state index in [1.54, 1.807) is 0 Å². The molecule has 1 aromatic heterocycles. The van der Waals surface area contributed by atoms with Gasteiger partial charge in [-0.1, -0.05) is 44.2 Å². The molecule has 134 valence electrons. The Morgan fingerprint density at radius 1 is 1.04 bits per heavy atom. The molecular formula is C20H26BrN3O. The van der Waals surface area contributed by atoms with Crippen molar-refractivity contribution in [2.75, 3.05) is 6.54 Å². The first-order valence-corrected chi connectivity index (χ1v) is 10.4. The van der Waals surface area contributed by atoms with Crippen LogP contribution in [0.1, 0.15) is 57.3 Å². The summed E-state index contributed by atoms with van der Waals surface area (Å²) in [5.41, 5.74) is 0.960. The van der Waals surface area contributed by atoms with Crippen LogP contribution in [0.5, 0.6) is 0 Å². The van der Waals surface area contributed by atoms with Gasteiger partial charge in [-0.3, -0.25) is 4.90 Å². The SMILES string of the molecule is Brc1ccccc1-c1nnc(CN2CCCC2CC2CCCCC2)o1. The first-order valence-electron chi connectivity index (χ1n) is 9.61. The molecule has 2 fully saturated rings. The Kier molecular flexibility index (Phi) is 5.51. The molecule has 0 amide bonds. The maximum Gasteiger partial charge on any atom is 0.248 e. The average Bonchev–Trinajstić information content (AvgIpc) is 3.27. The van der Waals surface area contributed by atoms with E-state index in [2.05, 4.69) is 31.0 Å². The van der Waals surface area contributed by atoms with Crippen molar-refractivity contribution in [2.24, 2.45) is 5.92 Å². The van der Waals surface area contributed by atoms with Gasteiger partial charge in [0.05, 0.1) is 12.1 Å². The Morgan fingerprint density at radius 2 is 1.88 bits per heavy atom. The van der Waals surface area contributed by atoms with Crippen molar-refractivity contribution in [3.05, 3.63) is 34.6 Å². The predicted molar refractivity (Wildman–Crippen MR) is 102 cm³/mol. The lowest BCUT2D eigenvalue weighted by Crippen LogP contribution is -2.31. The number of benzene rings is 1. The van der Waals surface area contributed by atoms with E-state index in [1.807, 2.05) is 24.3 Å². The fraction of sp³-hybridized carbons (Fsp3) is 0.600. The number of likely N-dealkylation sites (tertiary alicyclic amines) is 1. The Bertz CT molecular complexity index is 696. The van der Waals surface area contributed by atoms with Crippen molar-refractivity contribution in [1.29, 1.82) is 0 Å². The van der Waals surface area contributed by atoms with Gasteiger partial charge in [0.25, 0.3) is 0 Å². The first kappa shape index (κ1) is 17.2. The zero-order valence-corrected chi connectivity index (χ0v) is 16.2. The highest BCUT2D eigenvalue weighted by atomic mass is 79.9. The lowest BCUT2D eigenvalue weighted by Gasteiger charge is -2.29. The molecular weight excluding hydrogens is 378 g/mol. The fourth-order valence-electron chi connectivity index (χ4n) is 4.41. The third-order valence-electron chi connectivity index (χ3n) is 5.74. The van der Waals surface area contributed by atoms with E-state index in [4.69, 9.17) is 4.42 Å². The summed E-state index contributed by atoms with van der Waals surface area (Å²) >= 11 is 3.56. The van der Waals surface area contributed by atoms with Crippen molar-refractivity contribution < 1.29 is 4.42 Å². The summed E-state index contributed by atoms with van der Waals surface area (Å²) in [6, 6.07) is 8.68. The quantitative estimate of drug-likeness (QED) is 0.666. The molecule has 1 aliphatic carbocycles. The molecule has 4 rings (SSSR count). The zero-order chi connectivity index (χ0) is 17.1. The number of hydrogen-bond acceptors (Lipinski definition) is 4. The second kappa shape index (κ2) is 8.00. The molecule has 1 unspecified atom stereocenters. The van der Waals surface area contributed by atoms with Crippen molar-refractivity contribution >= 4 is 15.9 Å². The van der Waals surface area contributed by atoms with E-state index in [0.29, 0.717) is 11.9 Å². The molecule has 0 spiro atoms. The van der Waals surface area contributed by atoms with Crippen molar-refractivity contribution in [1.82, 2.24) is 15.1 Å². The smallest absolute Gasteiger partial charge is 0.248 e. The van der Waals surface area contributed by atoms with Crippen LogP contribution in [-0.2, 0) is 6.54 Å². The molecule has 1 atom stereocenters. The normalized spacial score (nSPS) is 22.5. The highest BCUT2D eigenvalue weighted by Gasteiger charge is 2.29. The molecule has 0 bridgehead atoms. The van der Waals surface area contributed by atoms with Crippen LogP contribution in [-0.4, -0.2) is 27.7 Å². The number of hydrogen-bond donors (Lipinski definition) is 0. The molecule has 1 saturated heterocycles. The van der Waals surface area contributed by atoms with Crippen LogP contribution in [0.2, 0.25) is 0 Å². The van der Waals surface area contributed by atoms with E-state index < -0.39 is 0 Å². The van der Waals surface area contributed by atoms with Crippen molar-refractivity contribution in [3.8, 4) is 11.5 Å². The van der Waals surface area contributed by atoms with Crippen molar-refractivity contribution in [2.45, 2.75) is 64.0 Å². The Labute approximate surface area is 158 Å². The standard InChI is InChI=1S/C20H26BrN3O/c21-18-11-5-4-10-17(18)20-23-22-19(25-20)14-24-12-6-9-16(24)13-15-7-2-1-3-8-15/h4-5,10-11,15-16H,1-3,6-9,12-14H2. The lowest BCUT2D eigenvalue weighted by atomic mass is 9.84. The minimum absolute atomic E-state index is 0.602. The monoisotopic (exact) mass is 403 g/mol. The summed E-state index contributed by atoms with van der Waals surface area (Å²) in [6.07, 6.45) is 11.1. The van der Waals surface area contributed by atoms with Gasteiger partial charge < -0.3 is 4.42 Å². The van der Waals surface area contributed by atoms with Gasteiger partial charge in [-0.05, 0) is 59.8 Å². The van der Waals surface area contributed by atoms with E-state index >= 15 is 0 Å². The van der Waals surface area contributed by atoms with Crippen LogP contribution in [0.3, 0.4) is 0 Å². The van der Waals surface area contributed by atoms with Gasteiger partial charge >= 0.3 is 0 Å². The Balaban J connectivity index is 1.40. The van der Waals surface area contributed by atoms with E-state index in [9.17, 15) is 0 Å². The summed E-state index contributed by atoms with van der Waals surface area (Å²) in [5, 5.41) is 8.56.